The Balaban J connectivity index is 1.73. The topological polar surface area (TPSA) is 88.6 Å². The minimum atomic E-state index is -0.473. The number of carbonyl (C=O) groups is 1. The number of nitrogens with zero attached hydrogens (tertiary/aromatic N) is 2. The van der Waals surface area contributed by atoms with E-state index in [1.807, 2.05) is 25.1 Å². The first-order chi connectivity index (χ1) is 13.6. The van der Waals surface area contributed by atoms with Gasteiger partial charge in [0.2, 0.25) is 0 Å². The van der Waals surface area contributed by atoms with Crippen molar-refractivity contribution in [3.8, 4) is 11.3 Å². The Morgan fingerprint density at radius 3 is 2.54 bits per heavy atom. The Hall–Kier alpha value is -3.61. The molecule has 7 nitrogen and oxygen atoms in total. The number of nitro benzene ring substituents is 1. The number of carbonyl (C=O) groups excluding carboxylic acids is 1. The maximum atomic E-state index is 13.0. The number of fused-ring (bicyclic) bond motifs is 1. The number of anilines is 1. The van der Waals surface area contributed by atoms with Crippen LogP contribution in [0.4, 0.5) is 11.4 Å². The standard InChI is InChI=1S/C21H19N3O4/c1-2-13-23-20(22-16-9-5-3-7-14(16)21(23)25)19-12-11-18(28-19)15-8-4-6-10-17(15)24(26)27/h3-12,20,22H,2,13H2,1H3. The third-order valence-electron chi connectivity index (χ3n) is 4.75. The van der Waals surface area contributed by atoms with Crippen LogP contribution < -0.4 is 5.32 Å². The van der Waals surface area contributed by atoms with E-state index in [1.165, 1.54) is 6.07 Å². The molecule has 0 bridgehead atoms. The normalized spacial score (nSPS) is 15.8. The number of benzene rings is 2. The van der Waals surface area contributed by atoms with Gasteiger partial charge in [-0.05, 0) is 36.8 Å². The van der Waals surface area contributed by atoms with Crippen LogP contribution in [0.15, 0.2) is 65.1 Å². The van der Waals surface area contributed by atoms with E-state index >= 15 is 0 Å². The van der Waals surface area contributed by atoms with Gasteiger partial charge in [-0.25, -0.2) is 0 Å². The maximum Gasteiger partial charge on any atom is 0.280 e. The molecule has 0 spiro atoms. The first kappa shape index (κ1) is 17.8. The average Bonchev–Trinajstić information content (AvgIpc) is 3.20. The molecule has 2 aromatic carbocycles. The first-order valence-corrected chi connectivity index (χ1v) is 9.10. The summed E-state index contributed by atoms with van der Waals surface area (Å²) in [6.07, 6.45) is 0.322. The molecule has 4 rings (SSSR count). The van der Waals surface area contributed by atoms with Crippen molar-refractivity contribution in [1.29, 1.82) is 0 Å². The zero-order chi connectivity index (χ0) is 19.7. The summed E-state index contributed by atoms with van der Waals surface area (Å²) in [6.45, 7) is 2.57. The van der Waals surface area contributed by atoms with Gasteiger partial charge in [-0.3, -0.25) is 14.9 Å². The van der Waals surface area contributed by atoms with Crippen molar-refractivity contribution in [2.45, 2.75) is 19.5 Å². The Morgan fingerprint density at radius 1 is 1.07 bits per heavy atom. The quantitative estimate of drug-likeness (QED) is 0.508. The summed E-state index contributed by atoms with van der Waals surface area (Å²) in [4.78, 5) is 25.6. The maximum absolute atomic E-state index is 13.0. The first-order valence-electron chi connectivity index (χ1n) is 9.10. The molecule has 0 radical (unpaired) electrons. The van der Waals surface area contributed by atoms with Crippen molar-refractivity contribution >= 4 is 17.3 Å². The fraction of sp³-hybridized carbons (Fsp3) is 0.190. The number of furan rings is 1. The Morgan fingerprint density at radius 2 is 1.79 bits per heavy atom. The van der Waals surface area contributed by atoms with Gasteiger partial charge in [-0.1, -0.05) is 31.2 Å². The second-order valence-electron chi connectivity index (χ2n) is 6.57. The lowest BCUT2D eigenvalue weighted by Gasteiger charge is -2.36. The molecule has 142 valence electrons. The monoisotopic (exact) mass is 377 g/mol. The number of rotatable bonds is 5. The van der Waals surface area contributed by atoms with Crippen molar-refractivity contribution in [1.82, 2.24) is 4.90 Å². The molecule has 1 N–H and O–H groups in total. The van der Waals surface area contributed by atoms with Gasteiger partial charge in [0.15, 0.2) is 6.17 Å². The highest BCUT2D eigenvalue weighted by Crippen LogP contribution is 2.37. The van der Waals surface area contributed by atoms with Crippen LogP contribution in [0.5, 0.6) is 0 Å². The van der Waals surface area contributed by atoms with Crippen molar-refractivity contribution in [3.05, 3.63) is 82.1 Å². The number of amides is 1. The largest absolute Gasteiger partial charge is 0.457 e. The van der Waals surface area contributed by atoms with Gasteiger partial charge < -0.3 is 14.6 Å². The molecule has 3 aromatic rings. The molecule has 28 heavy (non-hydrogen) atoms. The van der Waals surface area contributed by atoms with E-state index in [0.717, 1.165) is 12.1 Å². The van der Waals surface area contributed by atoms with Gasteiger partial charge >= 0.3 is 0 Å². The zero-order valence-electron chi connectivity index (χ0n) is 15.3. The lowest BCUT2D eigenvalue weighted by Crippen LogP contribution is -2.43. The van der Waals surface area contributed by atoms with E-state index in [4.69, 9.17) is 4.42 Å². The summed E-state index contributed by atoms with van der Waals surface area (Å²) in [5, 5.41) is 14.7. The number of hydrogen-bond acceptors (Lipinski definition) is 5. The molecule has 1 atom stereocenters. The predicted molar refractivity (Wildman–Crippen MR) is 105 cm³/mol. The van der Waals surface area contributed by atoms with Crippen LogP contribution >= 0.6 is 0 Å². The van der Waals surface area contributed by atoms with Crippen LogP contribution in [0.25, 0.3) is 11.3 Å². The van der Waals surface area contributed by atoms with Gasteiger partial charge in [-0.15, -0.1) is 0 Å². The predicted octanol–water partition coefficient (Wildman–Crippen LogP) is 4.83. The molecule has 1 aromatic heterocycles. The van der Waals surface area contributed by atoms with Gasteiger partial charge in [-0.2, -0.15) is 0 Å². The van der Waals surface area contributed by atoms with Gasteiger partial charge in [0, 0.05) is 18.3 Å². The van der Waals surface area contributed by atoms with Crippen molar-refractivity contribution in [2.24, 2.45) is 0 Å². The Labute approximate surface area is 161 Å². The molecule has 1 aliphatic rings. The summed E-state index contributed by atoms with van der Waals surface area (Å²) >= 11 is 0. The van der Waals surface area contributed by atoms with E-state index in [1.54, 1.807) is 41.3 Å². The fourth-order valence-electron chi connectivity index (χ4n) is 3.47. The van der Waals surface area contributed by atoms with Crippen LogP contribution in [-0.4, -0.2) is 22.3 Å². The molecule has 1 amide bonds. The smallest absolute Gasteiger partial charge is 0.280 e. The number of nitrogens with one attached hydrogen (secondary N) is 1. The van der Waals surface area contributed by atoms with Crippen molar-refractivity contribution in [2.75, 3.05) is 11.9 Å². The highest BCUT2D eigenvalue weighted by molar-refractivity contribution is 6.01. The third kappa shape index (κ3) is 3.00. The van der Waals surface area contributed by atoms with Gasteiger partial charge in [0.25, 0.3) is 11.6 Å². The van der Waals surface area contributed by atoms with E-state index in [2.05, 4.69) is 5.32 Å². The van der Waals surface area contributed by atoms with Gasteiger partial charge in [0.1, 0.15) is 11.5 Å². The molecule has 0 fully saturated rings. The minimum Gasteiger partial charge on any atom is -0.457 e. The van der Waals surface area contributed by atoms with Crippen molar-refractivity contribution in [3.63, 3.8) is 0 Å². The van der Waals surface area contributed by atoms with E-state index in [-0.39, 0.29) is 11.6 Å². The van der Waals surface area contributed by atoms with Crippen molar-refractivity contribution < 1.29 is 14.1 Å². The Bertz CT molecular complexity index is 1040. The van der Waals surface area contributed by atoms with Crippen LogP contribution in [0, 0.1) is 10.1 Å². The molecule has 0 saturated heterocycles. The third-order valence-corrected chi connectivity index (χ3v) is 4.75. The molecule has 2 heterocycles. The van der Waals surface area contributed by atoms with Crippen LogP contribution in [0.3, 0.4) is 0 Å². The number of para-hydroxylation sites is 2. The highest BCUT2D eigenvalue weighted by atomic mass is 16.6. The summed E-state index contributed by atoms with van der Waals surface area (Å²) in [5.74, 6) is 0.862. The van der Waals surface area contributed by atoms with Gasteiger partial charge in [0.05, 0.1) is 16.1 Å². The number of hydrogen-bond donors (Lipinski definition) is 1. The van der Waals surface area contributed by atoms with E-state index in [9.17, 15) is 14.9 Å². The molecule has 1 aliphatic heterocycles. The zero-order valence-corrected chi connectivity index (χ0v) is 15.3. The molecule has 0 aliphatic carbocycles. The summed E-state index contributed by atoms with van der Waals surface area (Å²) in [6, 6.07) is 17.3. The highest BCUT2D eigenvalue weighted by Gasteiger charge is 2.34. The second-order valence-corrected chi connectivity index (χ2v) is 6.57. The lowest BCUT2D eigenvalue weighted by atomic mass is 10.1. The van der Waals surface area contributed by atoms with Crippen LogP contribution in [0.2, 0.25) is 0 Å². The molecular formula is C21H19N3O4. The van der Waals surface area contributed by atoms with Crippen LogP contribution in [-0.2, 0) is 0 Å². The molecule has 7 heteroatoms. The van der Waals surface area contributed by atoms with E-state index < -0.39 is 11.1 Å². The summed E-state index contributed by atoms with van der Waals surface area (Å²) in [5.41, 5.74) is 1.75. The molecular weight excluding hydrogens is 358 g/mol. The lowest BCUT2D eigenvalue weighted by molar-refractivity contribution is -0.384. The fourth-order valence-corrected chi connectivity index (χ4v) is 3.47. The SMILES string of the molecule is CCCN1C(=O)c2ccccc2NC1c1ccc(-c2ccccc2[N+](=O)[O-])o1. The van der Waals surface area contributed by atoms with E-state index in [0.29, 0.717) is 29.2 Å². The number of nitro groups is 1. The summed E-state index contributed by atoms with van der Waals surface area (Å²) in [7, 11) is 0. The molecule has 1 unspecified atom stereocenters. The summed E-state index contributed by atoms with van der Waals surface area (Å²) < 4.78 is 5.98. The minimum absolute atomic E-state index is 0.0214. The average molecular weight is 377 g/mol. The van der Waals surface area contributed by atoms with Crippen LogP contribution in [0.1, 0.15) is 35.6 Å². The second kappa shape index (κ2) is 7.19. The molecule has 0 saturated carbocycles. The Kier molecular flexibility index (Phi) is 4.57.